The Morgan fingerprint density at radius 2 is 1.85 bits per heavy atom. The van der Waals surface area contributed by atoms with Crippen molar-refractivity contribution in [2.75, 3.05) is 10.6 Å². The van der Waals surface area contributed by atoms with E-state index in [0.29, 0.717) is 24.7 Å². The van der Waals surface area contributed by atoms with E-state index >= 15 is 0 Å². The second kappa shape index (κ2) is 7.61. The summed E-state index contributed by atoms with van der Waals surface area (Å²) >= 11 is 0. The molecule has 2 aromatic carbocycles. The molecular weight excluding hydrogens is 338 g/mol. The van der Waals surface area contributed by atoms with Crippen molar-refractivity contribution in [3.05, 3.63) is 71.8 Å². The highest BCUT2D eigenvalue weighted by atomic mass is 16.1. The number of benzene rings is 2. The summed E-state index contributed by atoms with van der Waals surface area (Å²) in [4.78, 5) is 16.8. The van der Waals surface area contributed by atoms with E-state index in [4.69, 9.17) is 0 Å². The van der Waals surface area contributed by atoms with Gasteiger partial charge in [0.2, 0.25) is 11.9 Å². The molecule has 3 aromatic rings. The molecule has 4 rings (SSSR count). The van der Waals surface area contributed by atoms with Gasteiger partial charge in [0.15, 0.2) is 0 Å². The van der Waals surface area contributed by atoms with E-state index in [1.807, 2.05) is 53.2 Å². The maximum absolute atomic E-state index is 12.3. The zero-order valence-electron chi connectivity index (χ0n) is 15.3. The Morgan fingerprint density at radius 3 is 2.59 bits per heavy atom. The molecule has 138 valence electrons. The number of amides is 1. The van der Waals surface area contributed by atoms with Crippen molar-refractivity contribution in [2.45, 2.75) is 38.3 Å². The predicted molar refractivity (Wildman–Crippen MR) is 106 cm³/mol. The molecule has 0 bridgehead atoms. The van der Waals surface area contributed by atoms with Crippen LogP contribution in [0.25, 0.3) is 0 Å². The lowest BCUT2D eigenvalue weighted by Gasteiger charge is -2.29. The van der Waals surface area contributed by atoms with Gasteiger partial charge < -0.3 is 5.32 Å². The molecule has 0 fully saturated rings. The van der Waals surface area contributed by atoms with Crippen LogP contribution in [0, 0.1) is 0 Å². The van der Waals surface area contributed by atoms with Crippen LogP contribution in [0.1, 0.15) is 36.9 Å². The van der Waals surface area contributed by atoms with Gasteiger partial charge >= 0.3 is 0 Å². The van der Waals surface area contributed by atoms with E-state index in [0.717, 1.165) is 12.0 Å². The van der Waals surface area contributed by atoms with Crippen molar-refractivity contribution in [1.82, 2.24) is 14.8 Å². The molecule has 1 aromatic heterocycles. The van der Waals surface area contributed by atoms with Crippen molar-refractivity contribution in [1.29, 1.82) is 0 Å². The SMILES string of the molecule is C[C@@H]1C[C@H](c2ccccc2)n2nc(NC(=O)CCc3ccccc3)nc2N1. The Balaban J connectivity index is 1.47. The fourth-order valence-corrected chi connectivity index (χ4v) is 3.45. The van der Waals surface area contributed by atoms with Gasteiger partial charge in [-0.1, -0.05) is 60.7 Å². The number of aromatic nitrogens is 3. The number of hydrogen-bond donors (Lipinski definition) is 2. The normalized spacial score (nSPS) is 18.4. The molecule has 27 heavy (non-hydrogen) atoms. The molecule has 0 saturated heterocycles. The lowest BCUT2D eigenvalue weighted by molar-refractivity contribution is -0.116. The molecule has 0 aliphatic carbocycles. The van der Waals surface area contributed by atoms with Gasteiger partial charge in [0, 0.05) is 12.5 Å². The second-order valence-electron chi connectivity index (χ2n) is 6.94. The number of nitrogens with one attached hydrogen (secondary N) is 2. The lowest BCUT2D eigenvalue weighted by Crippen LogP contribution is -2.31. The van der Waals surface area contributed by atoms with Crippen molar-refractivity contribution < 1.29 is 4.79 Å². The van der Waals surface area contributed by atoms with Crippen molar-refractivity contribution in [3.63, 3.8) is 0 Å². The highest BCUT2D eigenvalue weighted by Crippen LogP contribution is 2.31. The molecule has 1 amide bonds. The molecule has 2 atom stereocenters. The Morgan fingerprint density at radius 1 is 1.15 bits per heavy atom. The van der Waals surface area contributed by atoms with Gasteiger partial charge in [-0.3, -0.25) is 10.1 Å². The first-order valence-corrected chi connectivity index (χ1v) is 9.31. The molecular formula is C21H23N5O. The molecule has 0 saturated carbocycles. The van der Waals surface area contributed by atoms with Gasteiger partial charge in [-0.2, -0.15) is 4.98 Å². The van der Waals surface area contributed by atoms with E-state index in [9.17, 15) is 4.79 Å². The number of carbonyl (C=O) groups excluding carboxylic acids is 1. The quantitative estimate of drug-likeness (QED) is 0.728. The molecule has 2 heterocycles. The van der Waals surface area contributed by atoms with Crippen molar-refractivity contribution in [3.8, 4) is 0 Å². The van der Waals surface area contributed by atoms with Gasteiger partial charge in [0.05, 0.1) is 6.04 Å². The van der Waals surface area contributed by atoms with Crippen LogP contribution in [-0.4, -0.2) is 26.7 Å². The minimum atomic E-state index is -0.0777. The molecule has 1 aliphatic heterocycles. The summed E-state index contributed by atoms with van der Waals surface area (Å²) in [5.41, 5.74) is 2.34. The summed E-state index contributed by atoms with van der Waals surface area (Å²) in [7, 11) is 0. The summed E-state index contributed by atoms with van der Waals surface area (Å²) in [6, 6.07) is 20.7. The first-order valence-electron chi connectivity index (χ1n) is 9.31. The summed E-state index contributed by atoms with van der Waals surface area (Å²) in [6.45, 7) is 2.13. The zero-order valence-corrected chi connectivity index (χ0v) is 15.3. The van der Waals surface area contributed by atoms with E-state index in [1.54, 1.807) is 0 Å². The molecule has 6 nitrogen and oxygen atoms in total. The smallest absolute Gasteiger partial charge is 0.250 e. The predicted octanol–water partition coefficient (Wildman–Crippen LogP) is 3.64. The van der Waals surface area contributed by atoms with E-state index in [2.05, 4.69) is 39.8 Å². The monoisotopic (exact) mass is 361 g/mol. The summed E-state index contributed by atoms with van der Waals surface area (Å²) in [5, 5.41) is 10.7. The average molecular weight is 361 g/mol. The van der Waals surface area contributed by atoms with Gasteiger partial charge in [0.25, 0.3) is 5.95 Å². The highest BCUT2D eigenvalue weighted by Gasteiger charge is 2.28. The van der Waals surface area contributed by atoms with Gasteiger partial charge in [-0.15, -0.1) is 5.10 Å². The number of nitrogens with zero attached hydrogens (tertiary/aromatic N) is 3. The van der Waals surface area contributed by atoms with Crippen LogP contribution in [-0.2, 0) is 11.2 Å². The van der Waals surface area contributed by atoms with E-state index < -0.39 is 0 Å². The number of carbonyl (C=O) groups is 1. The number of anilines is 2. The Kier molecular flexibility index (Phi) is 4.87. The summed E-state index contributed by atoms with van der Waals surface area (Å²) in [6.07, 6.45) is 2.02. The third-order valence-corrected chi connectivity index (χ3v) is 4.80. The van der Waals surface area contributed by atoms with E-state index in [1.165, 1.54) is 5.56 Å². The minimum absolute atomic E-state index is 0.0777. The second-order valence-corrected chi connectivity index (χ2v) is 6.94. The van der Waals surface area contributed by atoms with Crippen LogP contribution < -0.4 is 10.6 Å². The lowest BCUT2D eigenvalue weighted by atomic mass is 9.99. The zero-order chi connectivity index (χ0) is 18.6. The number of fused-ring (bicyclic) bond motifs is 1. The van der Waals surface area contributed by atoms with Crippen molar-refractivity contribution >= 4 is 17.8 Å². The van der Waals surface area contributed by atoms with Gasteiger partial charge in [-0.25, -0.2) is 4.68 Å². The third-order valence-electron chi connectivity index (χ3n) is 4.80. The summed E-state index contributed by atoms with van der Waals surface area (Å²) < 4.78 is 1.88. The maximum Gasteiger partial charge on any atom is 0.250 e. The first kappa shape index (κ1) is 17.3. The molecule has 2 N–H and O–H groups in total. The van der Waals surface area contributed by atoms with Gasteiger partial charge in [-0.05, 0) is 30.9 Å². The Bertz CT molecular complexity index is 907. The van der Waals surface area contributed by atoms with Crippen LogP contribution in [0.15, 0.2) is 60.7 Å². The summed E-state index contributed by atoms with van der Waals surface area (Å²) in [5.74, 6) is 0.970. The largest absolute Gasteiger partial charge is 0.352 e. The number of aryl methyl sites for hydroxylation is 1. The molecule has 1 aliphatic rings. The number of hydrogen-bond acceptors (Lipinski definition) is 4. The van der Waals surface area contributed by atoms with E-state index in [-0.39, 0.29) is 18.0 Å². The third kappa shape index (κ3) is 4.00. The van der Waals surface area contributed by atoms with Crippen LogP contribution in [0.2, 0.25) is 0 Å². The molecule has 0 radical (unpaired) electrons. The van der Waals surface area contributed by atoms with Crippen LogP contribution in [0.4, 0.5) is 11.9 Å². The van der Waals surface area contributed by atoms with Crippen LogP contribution in [0.5, 0.6) is 0 Å². The van der Waals surface area contributed by atoms with Crippen LogP contribution >= 0.6 is 0 Å². The Labute approximate surface area is 158 Å². The fourth-order valence-electron chi connectivity index (χ4n) is 3.45. The minimum Gasteiger partial charge on any atom is -0.352 e. The van der Waals surface area contributed by atoms with Crippen molar-refractivity contribution in [2.24, 2.45) is 0 Å². The van der Waals surface area contributed by atoms with Gasteiger partial charge in [0.1, 0.15) is 0 Å². The molecule has 0 unspecified atom stereocenters. The number of rotatable bonds is 5. The topological polar surface area (TPSA) is 71.8 Å². The maximum atomic E-state index is 12.3. The fraction of sp³-hybridized carbons (Fsp3) is 0.286. The Hall–Kier alpha value is -3.15. The standard InChI is InChI=1S/C21H23N5O/c1-15-14-18(17-10-6-3-7-11-17)26-21(22-15)24-20(25-26)23-19(27)13-12-16-8-4-2-5-9-16/h2-11,15,18H,12-14H2,1H3,(H2,22,23,24,25,27)/t15-,18-/m1/s1. The molecule has 0 spiro atoms. The average Bonchev–Trinajstić information content (AvgIpc) is 3.09. The first-order chi connectivity index (χ1) is 13.2. The highest BCUT2D eigenvalue weighted by molar-refractivity contribution is 5.89. The molecule has 6 heteroatoms. The van der Waals surface area contributed by atoms with Crippen LogP contribution in [0.3, 0.4) is 0 Å².